The molecule has 1 saturated heterocycles. The molecule has 1 N–H and O–H groups in total. The van der Waals surface area contributed by atoms with E-state index in [0.29, 0.717) is 5.92 Å². The van der Waals surface area contributed by atoms with Crippen LogP contribution in [0.2, 0.25) is 0 Å². The number of piperazine rings is 1. The van der Waals surface area contributed by atoms with Crippen LogP contribution in [0.1, 0.15) is 37.3 Å². The maximum Gasteiger partial charge on any atom is 0.128 e. The highest BCUT2D eigenvalue weighted by molar-refractivity contribution is 9.10. The van der Waals surface area contributed by atoms with Crippen LogP contribution in [-0.2, 0) is 0 Å². The zero-order valence-electron chi connectivity index (χ0n) is 12.6. The van der Waals surface area contributed by atoms with Gasteiger partial charge in [0.1, 0.15) is 5.82 Å². The molecule has 0 spiro atoms. The minimum absolute atomic E-state index is 0. The fourth-order valence-corrected chi connectivity index (χ4v) is 4.10. The van der Waals surface area contributed by atoms with Crippen LogP contribution in [0.15, 0.2) is 22.7 Å². The average molecular weight is 414 g/mol. The van der Waals surface area contributed by atoms with E-state index in [1.807, 2.05) is 6.07 Å². The van der Waals surface area contributed by atoms with Crippen LogP contribution < -0.4 is 5.32 Å². The third kappa shape index (κ3) is 4.57. The molecule has 1 aliphatic heterocycles. The highest BCUT2D eigenvalue weighted by Gasteiger charge is 2.33. The van der Waals surface area contributed by atoms with Crippen LogP contribution in [0.5, 0.6) is 0 Å². The molecule has 0 amide bonds. The molecule has 0 bridgehead atoms. The largest absolute Gasteiger partial charge is 0.314 e. The quantitative estimate of drug-likeness (QED) is 0.780. The highest BCUT2D eigenvalue weighted by atomic mass is 79.9. The van der Waals surface area contributed by atoms with Gasteiger partial charge in [-0.25, -0.2) is 4.39 Å². The zero-order chi connectivity index (χ0) is 13.9. The summed E-state index contributed by atoms with van der Waals surface area (Å²) in [4.78, 5) is 2.48. The van der Waals surface area contributed by atoms with E-state index in [2.05, 4.69) is 26.1 Å². The van der Waals surface area contributed by atoms with Crippen LogP contribution in [0, 0.1) is 11.7 Å². The van der Waals surface area contributed by atoms with Gasteiger partial charge in [-0.05, 0) is 37.0 Å². The van der Waals surface area contributed by atoms with Gasteiger partial charge in [0.25, 0.3) is 0 Å². The van der Waals surface area contributed by atoms with E-state index in [-0.39, 0.29) is 36.7 Å². The number of rotatable bonds is 3. The third-order valence-corrected chi connectivity index (χ3v) is 5.16. The molecule has 3 rings (SSSR count). The Labute approximate surface area is 153 Å². The molecule has 1 heterocycles. The minimum Gasteiger partial charge on any atom is -0.314 e. The molecule has 1 atom stereocenters. The van der Waals surface area contributed by atoms with Crippen molar-refractivity contribution in [3.8, 4) is 0 Å². The van der Waals surface area contributed by atoms with Crippen molar-refractivity contribution in [3.63, 3.8) is 0 Å². The lowest BCUT2D eigenvalue weighted by Gasteiger charge is -2.38. The van der Waals surface area contributed by atoms with Crippen molar-refractivity contribution in [1.82, 2.24) is 10.2 Å². The van der Waals surface area contributed by atoms with Crippen LogP contribution in [-0.4, -0.2) is 31.1 Å². The first-order valence-corrected chi connectivity index (χ1v) is 8.45. The molecule has 1 aromatic carbocycles. The van der Waals surface area contributed by atoms with Gasteiger partial charge in [0.15, 0.2) is 0 Å². The molecule has 22 heavy (non-hydrogen) atoms. The van der Waals surface area contributed by atoms with Gasteiger partial charge in [0, 0.05) is 42.3 Å². The molecule has 6 heteroatoms. The van der Waals surface area contributed by atoms with Crippen LogP contribution in [0.3, 0.4) is 0 Å². The van der Waals surface area contributed by atoms with E-state index in [9.17, 15) is 4.39 Å². The van der Waals surface area contributed by atoms with Crippen molar-refractivity contribution < 1.29 is 4.39 Å². The Hall–Kier alpha value is 0.130. The lowest BCUT2D eigenvalue weighted by molar-refractivity contribution is 0.122. The monoisotopic (exact) mass is 412 g/mol. The molecule has 1 aromatic rings. The number of hydrogen-bond donors (Lipinski definition) is 1. The van der Waals surface area contributed by atoms with Crippen molar-refractivity contribution in [2.45, 2.75) is 31.7 Å². The first-order chi connectivity index (χ1) is 9.75. The van der Waals surface area contributed by atoms with E-state index in [1.165, 1.54) is 25.7 Å². The Morgan fingerprint density at radius 1 is 1.14 bits per heavy atom. The first-order valence-electron chi connectivity index (χ1n) is 7.65. The molecule has 2 fully saturated rings. The SMILES string of the molecule is Cl.Cl.Fc1ccc(Br)cc1[C@H](C1CCCC1)N1CCNCC1. The summed E-state index contributed by atoms with van der Waals surface area (Å²) >= 11 is 3.50. The summed E-state index contributed by atoms with van der Waals surface area (Å²) in [5, 5.41) is 3.39. The molecule has 2 nitrogen and oxygen atoms in total. The Morgan fingerprint density at radius 2 is 1.77 bits per heavy atom. The molecule has 0 aromatic heterocycles. The second kappa shape index (κ2) is 9.43. The van der Waals surface area contributed by atoms with Crippen molar-refractivity contribution >= 4 is 40.7 Å². The molecule has 126 valence electrons. The molecule has 1 aliphatic carbocycles. The Bertz CT molecular complexity index is 463. The van der Waals surface area contributed by atoms with Gasteiger partial charge in [0.2, 0.25) is 0 Å². The third-order valence-electron chi connectivity index (χ3n) is 4.67. The molecule has 1 saturated carbocycles. The van der Waals surface area contributed by atoms with Crippen LogP contribution >= 0.6 is 40.7 Å². The number of hydrogen-bond acceptors (Lipinski definition) is 2. The second-order valence-electron chi connectivity index (χ2n) is 5.94. The van der Waals surface area contributed by atoms with Crippen molar-refractivity contribution in [2.75, 3.05) is 26.2 Å². The van der Waals surface area contributed by atoms with Gasteiger partial charge in [-0.2, -0.15) is 0 Å². The second-order valence-corrected chi connectivity index (χ2v) is 6.86. The number of benzene rings is 1. The fourth-order valence-electron chi connectivity index (χ4n) is 3.72. The Kier molecular flexibility index (Phi) is 8.65. The van der Waals surface area contributed by atoms with E-state index in [1.54, 1.807) is 12.1 Å². The predicted molar refractivity (Wildman–Crippen MR) is 97.7 cm³/mol. The first kappa shape index (κ1) is 20.2. The average Bonchev–Trinajstić information content (AvgIpc) is 2.98. The summed E-state index contributed by atoms with van der Waals surface area (Å²) in [6.07, 6.45) is 5.06. The summed E-state index contributed by atoms with van der Waals surface area (Å²) in [5.41, 5.74) is 0.883. The topological polar surface area (TPSA) is 15.3 Å². The number of nitrogens with one attached hydrogen (secondary N) is 1. The Morgan fingerprint density at radius 3 is 2.41 bits per heavy atom. The van der Waals surface area contributed by atoms with Crippen molar-refractivity contribution in [2.24, 2.45) is 5.92 Å². The predicted octanol–water partition coefficient (Wildman–Crippen LogP) is 4.57. The fraction of sp³-hybridized carbons (Fsp3) is 0.625. The molecule has 0 radical (unpaired) electrons. The van der Waals surface area contributed by atoms with E-state index in [4.69, 9.17) is 0 Å². The number of nitrogens with zero attached hydrogens (tertiary/aromatic N) is 1. The maximum absolute atomic E-state index is 14.4. The van der Waals surface area contributed by atoms with Crippen molar-refractivity contribution in [3.05, 3.63) is 34.1 Å². The standard InChI is InChI=1S/C16H22BrFN2.2ClH/c17-13-5-6-15(18)14(11-13)16(12-3-1-2-4-12)20-9-7-19-8-10-20;;/h5-6,11-12,16,19H,1-4,7-10H2;2*1H/t16-;;/m0../s1. The molecular weight excluding hydrogens is 390 g/mol. The van der Waals surface area contributed by atoms with Crippen LogP contribution in [0.25, 0.3) is 0 Å². The molecule has 2 aliphatic rings. The lowest BCUT2D eigenvalue weighted by atomic mass is 9.89. The highest BCUT2D eigenvalue weighted by Crippen LogP contribution is 2.41. The van der Waals surface area contributed by atoms with E-state index >= 15 is 0 Å². The van der Waals surface area contributed by atoms with Gasteiger partial charge >= 0.3 is 0 Å². The van der Waals surface area contributed by atoms with E-state index < -0.39 is 0 Å². The molecular formula is C16H24BrCl2FN2. The van der Waals surface area contributed by atoms with Crippen LogP contribution in [0.4, 0.5) is 4.39 Å². The van der Waals surface area contributed by atoms with E-state index in [0.717, 1.165) is 36.2 Å². The summed E-state index contributed by atoms with van der Waals surface area (Å²) in [7, 11) is 0. The van der Waals surface area contributed by atoms with Gasteiger partial charge < -0.3 is 5.32 Å². The Balaban J connectivity index is 0.00000121. The summed E-state index contributed by atoms with van der Waals surface area (Å²) in [6, 6.07) is 5.63. The summed E-state index contributed by atoms with van der Waals surface area (Å²) in [5.74, 6) is 0.556. The smallest absolute Gasteiger partial charge is 0.128 e. The summed E-state index contributed by atoms with van der Waals surface area (Å²) in [6.45, 7) is 4.07. The molecule has 0 unspecified atom stereocenters. The number of halogens is 4. The normalized spacial score (nSPS) is 21.0. The van der Waals surface area contributed by atoms with Gasteiger partial charge in [-0.3, -0.25) is 4.90 Å². The van der Waals surface area contributed by atoms with Gasteiger partial charge in [-0.1, -0.05) is 28.8 Å². The van der Waals surface area contributed by atoms with Gasteiger partial charge in [-0.15, -0.1) is 24.8 Å². The maximum atomic E-state index is 14.4. The van der Waals surface area contributed by atoms with Crippen molar-refractivity contribution in [1.29, 1.82) is 0 Å². The van der Waals surface area contributed by atoms with Gasteiger partial charge in [0.05, 0.1) is 0 Å². The lowest BCUT2D eigenvalue weighted by Crippen LogP contribution is -2.46. The zero-order valence-corrected chi connectivity index (χ0v) is 15.8. The minimum atomic E-state index is -0.0522. The summed E-state index contributed by atoms with van der Waals surface area (Å²) < 4.78 is 15.3.